The molecule has 3 amide bonds. The first-order valence-electron chi connectivity index (χ1n) is 11.2. The number of nitrogens with one attached hydrogen (secondary N) is 1. The summed E-state index contributed by atoms with van der Waals surface area (Å²) in [7, 11) is 1.53. The van der Waals surface area contributed by atoms with Gasteiger partial charge in [0.25, 0.3) is 0 Å². The van der Waals surface area contributed by atoms with Crippen molar-refractivity contribution in [1.82, 2.24) is 15.1 Å². The van der Waals surface area contributed by atoms with Crippen LogP contribution in [-0.4, -0.2) is 47.9 Å². The average Bonchev–Trinajstić information content (AvgIpc) is 3.18. The van der Waals surface area contributed by atoms with Crippen LogP contribution in [0.3, 0.4) is 0 Å². The molecule has 2 unspecified atom stereocenters. The number of piperazine rings is 1. The second-order valence-electron chi connectivity index (χ2n) is 8.98. The van der Waals surface area contributed by atoms with Gasteiger partial charge in [-0.1, -0.05) is 42.8 Å². The minimum absolute atomic E-state index is 0.00575. The fourth-order valence-corrected chi connectivity index (χ4v) is 6.08. The standard InChI is InChI=1S/C25H27ClF3N3O2/c1-15-6-4-5-7-20(15)24(16(2)17-12-18(25(27,28)29)14-19(26)13-17)21-8-9-22(33)31(21)10-11-32(24)23(34)30-3/h4-7,12-14,16,21H,8-11H2,1-3H3,(H,30,34)/t16-,21?,24?/m0/s1. The van der Waals surface area contributed by atoms with Crippen molar-refractivity contribution in [2.24, 2.45) is 0 Å². The molecule has 2 fully saturated rings. The fourth-order valence-electron chi connectivity index (χ4n) is 5.83. The Morgan fingerprint density at radius 1 is 1.21 bits per heavy atom. The number of hydrogen-bond donors (Lipinski definition) is 1. The highest BCUT2D eigenvalue weighted by Crippen LogP contribution is 2.52. The summed E-state index contributed by atoms with van der Waals surface area (Å²) in [5, 5.41) is 2.67. The minimum Gasteiger partial charge on any atom is -0.341 e. The van der Waals surface area contributed by atoms with Gasteiger partial charge in [-0.2, -0.15) is 13.2 Å². The van der Waals surface area contributed by atoms with Gasteiger partial charge in [0.15, 0.2) is 0 Å². The molecule has 3 atom stereocenters. The summed E-state index contributed by atoms with van der Waals surface area (Å²) in [5.74, 6) is -0.613. The predicted octanol–water partition coefficient (Wildman–Crippen LogP) is 5.31. The van der Waals surface area contributed by atoms with Gasteiger partial charge in [-0.05, 0) is 48.2 Å². The molecule has 0 saturated carbocycles. The van der Waals surface area contributed by atoms with Crippen molar-refractivity contribution in [2.75, 3.05) is 20.1 Å². The number of hydrogen-bond acceptors (Lipinski definition) is 2. The lowest BCUT2D eigenvalue weighted by molar-refractivity contribution is -0.137. The SMILES string of the molecule is CNC(=O)N1CCN2C(=O)CCC2C1(c1ccccc1C)[C@@H](C)c1cc(Cl)cc(C(F)(F)F)c1. The Kier molecular flexibility index (Phi) is 6.31. The topological polar surface area (TPSA) is 52.7 Å². The van der Waals surface area contributed by atoms with Crippen LogP contribution in [0, 0.1) is 6.92 Å². The van der Waals surface area contributed by atoms with Crippen molar-refractivity contribution in [2.45, 2.75) is 50.4 Å². The van der Waals surface area contributed by atoms with E-state index in [0.29, 0.717) is 24.9 Å². The molecule has 1 N–H and O–H groups in total. The summed E-state index contributed by atoms with van der Waals surface area (Å²) in [6.07, 6.45) is -3.74. The number of carbonyl (C=O) groups is 2. The Hall–Kier alpha value is -2.74. The first kappa shape index (κ1) is 24.4. The molecule has 182 valence electrons. The molecule has 2 aliphatic heterocycles. The third kappa shape index (κ3) is 3.82. The largest absolute Gasteiger partial charge is 0.416 e. The number of fused-ring (bicyclic) bond motifs is 1. The van der Waals surface area contributed by atoms with Crippen LogP contribution in [0.25, 0.3) is 0 Å². The van der Waals surface area contributed by atoms with Gasteiger partial charge in [-0.25, -0.2) is 4.79 Å². The van der Waals surface area contributed by atoms with Gasteiger partial charge in [0.2, 0.25) is 5.91 Å². The van der Waals surface area contributed by atoms with Gasteiger partial charge in [-0.3, -0.25) is 4.79 Å². The zero-order chi connectivity index (χ0) is 24.8. The molecule has 2 aromatic rings. The molecule has 2 heterocycles. The normalized spacial score (nSPS) is 23.6. The lowest BCUT2D eigenvalue weighted by Gasteiger charge is -2.57. The second kappa shape index (κ2) is 8.80. The Bertz CT molecular complexity index is 1120. The number of rotatable bonds is 3. The number of aryl methyl sites for hydroxylation is 1. The molecule has 5 nitrogen and oxygen atoms in total. The van der Waals surface area contributed by atoms with Gasteiger partial charge in [-0.15, -0.1) is 0 Å². The quantitative estimate of drug-likeness (QED) is 0.630. The van der Waals surface area contributed by atoms with Crippen LogP contribution in [0.5, 0.6) is 0 Å². The summed E-state index contributed by atoms with van der Waals surface area (Å²) in [4.78, 5) is 29.6. The fraction of sp³-hybridized carbons (Fsp3) is 0.440. The molecule has 0 bridgehead atoms. The lowest BCUT2D eigenvalue weighted by Crippen LogP contribution is -2.69. The number of halogens is 4. The van der Waals surface area contributed by atoms with E-state index < -0.39 is 29.2 Å². The van der Waals surface area contributed by atoms with Gasteiger partial charge in [0.1, 0.15) is 0 Å². The number of benzene rings is 2. The molecule has 2 saturated heterocycles. The van der Waals surface area contributed by atoms with Crippen LogP contribution in [0.15, 0.2) is 42.5 Å². The highest BCUT2D eigenvalue weighted by atomic mass is 35.5. The zero-order valence-corrected chi connectivity index (χ0v) is 20.0. The predicted molar refractivity (Wildman–Crippen MR) is 124 cm³/mol. The highest BCUT2D eigenvalue weighted by molar-refractivity contribution is 6.30. The van der Waals surface area contributed by atoms with Crippen LogP contribution in [0.4, 0.5) is 18.0 Å². The van der Waals surface area contributed by atoms with E-state index >= 15 is 0 Å². The summed E-state index contributed by atoms with van der Waals surface area (Å²) >= 11 is 6.16. The van der Waals surface area contributed by atoms with Crippen molar-refractivity contribution >= 4 is 23.5 Å². The number of urea groups is 1. The molecule has 2 aromatic carbocycles. The van der Waals surface area contributed by atoms with E-state index in [1.54, 1.807) is 9.80 Å². The molecule has 4 rings (SSSR count). The van der Waals surface area contributed by atoms with Crippen LogP contribution >= 0.6 is 11.6 Å². The van der Waals surface area contributed by atoms with E-state index in [-0.39, 0.29) is 23.5 Å². The molecular formula is C25H27ClF3N3O2. The van der Waals surface area contributed by atoms with Gasteiger partial charge >= 0.3 is 12.2 Å². The van der Waals surface area contributed by atoms with Crippen molar-refractivity contribution in [3.63, 3.8) is 0 Å². The first-order chi connectivity index (χ1) is 16.0. The highest BCUT2D eigenvalue weighted by Gasteiger charge is 2.59. The molecule has 0 aliphatic carbocycles. The summed E-state index contributed by atoms with van der Waals surface area (Å²) in [6, 6.07) is 10.4. The third-order valence-corrected chi connectivity index (χ3v) is 7.51. The Morgan fingerprint density at radius 3 is 2.56 bits per heavy atom. The van der Waals surface area contributed by atoms with Crippen LogP contribution < -0.4 is 5.32 Å². The van der Waals surface area contributed by atoms with E-state index in [0.717, 1.165) is 23.3 Å². The Morgan fingerprint density at radius 2 is 1.91 bits per heavy atom. The van der Waals surface area contributed by atoms with E-state index in [1.165, 1.54) is 13.1 Å². The molecule has 0 aromatic heterocycles. The smallest absolute Gasteiger partial charge is 0.341 e. The lowest BCUT2D eigenvalue weighted by atomic mass is 9.66. The Balaban J connectivity index is 2.02. The second-order valence-corrected chi connectivity index (χ2v) is 9.42. The van der Waals surface area contributed by atoms with Crippen molar-refractivity contribution < 1.29 is 22.8 Å². The van der Waals surface area contributed by atoms with Gasteiger partial charge in [0.05, 0.1) is 17.1 Å². The van der Waals surface area contributed by atoms with Crippen LogP contribution in [-0.2, 0) is 16.5 Å². The van der Waals surface area contributed by atoms with Crippen molar-refractivity contribution in [3.8, 4) is 0 Å². The van der Waals surface area contributed by atoms with Crippen LogP contribution in [0.1, 0.15) is 47.9 Å². The van der Waals surface area contributed by atoms with Crippen LogP contribution in [0.2, 0.25) is 5.02 Å². The van der Waals surface area contributed by atoms with Gasteiger partial charge in [0, 0.05) is 37.5 Å². The molecule has 34 heavy (non-hydrogen) atoms. The maximum atomic E-state index is 13.7. The van der Waals surface area contributed by atoms with Crippen molar-refractivity contribution in [1.29, 1.82) is 0 Å². The summed E-state index contributed by atoms with van der Waals surface area (Å²) < 4.78 is 41.0. The Labute approximate surface area is 201 Å². The van der Waals surface area contributed by atoms with E-state index in [1.807, 2.05) is 38.1 Å². The monoisotopic (exact) mass is 493 g/mol. The maximum Gasteiger partial charge on any atom is 0.416 e. The maximum absolute atomic E-state index is 13.7. The van der Waals surface area contributed by atoms with Gasteiger partial charge < -0.3 is 15.1 Å². The minimum atomic E-state index is -4.57. The molecule has 9 heteroatoms. The molecule has 2 aliphatic rings. The van der Waals surface area contributed by atoms with E-state index in [2.05, 4.69) is 5.32 Å². The first-order valence-corrected chi connectivity index (χ1v) is 11.6. The average molecular weight is 494 g/mol. The number of amides is 3. The number of alkyl halides is 3. The number of carbonyl (C=O) groups excluding carboxylic acids is 2. The zero-order valence-electron chi connectivity index (χ0n) is 19.2. The third-order valence-electron chi connectivity index (χ3n) is 7.29. The summed E-state index contributed by atoms with van der Waals surface area (Å²) in [5.41, 5.74) is 0.122. The number of nitrogens with zero attached hydrogens (tertiary/aromatic N) is 2. The summed E-state index contributed by atoms with van der Waals surface area (Å²) in [6.45, 7) is 4.37. The molecule has 0 radical (unpaired) electrons. The molecular weight excluding hydrogens is 467 g/mol. The van der Waals surface area contributed by atoms with E-state index in [4.69, 9.17) is 11.6 Å². The van der Waals surface area contributed by atoms with Crippen molar-refractivity contribution in [3.05, 3.63) is 69.7 Å². The molecule has 0 spiro atoms. The van der Waals surface area contributed by atoms with E-state index in [9.17, 15) is 22.8 Å².